The molecule has 3 rings (SSSR count). The van der Waals surface area contributed by atoms with Gasteiger partial charge in [0.25, 0.3) is 0 Å². The maximum atomic E-state index is 12.6. The predicted molar refractivity (Wildman–Crippen MR) is 89.9 cm³/mol. The summed E-state index contributed by atoms with van der Waals surface area (Å²) < 4.78 is 6.87. The van der Waals surface area contributed by atoms with E-state index < -0.39 is 17.9 Å². The summed E-state index contributed by atoms with van der Waals surface area (Å²) in [5.74, 6) is -0.877. The van der Waals surface area contributed by atoms with Crippen LogP contribution >= 0.6 is 0 Å². The lowest BCUT2D eigenvalue weighted by Crippen LogP contribution is -2.45. The Bertz CT molecular complexity index is 769. The van der Waals surface area contributed by atoms with Crippen LogP contribution in [-0.2, 0) is 23.2 Å². The van der Waals surface area contributed by atoms with E-state index in [1.807, 2.05) is 18.2 Å². The van der Waals surface area contributed by atoms with Crippen molar-refractivity contribution in [3.05, 3.63) is 47.8 Å². The number of nitrogens with zero attached hydrogens (tertiary/aromatic N) is 3. The standard InChI is InChI=1S/C18H21N3O4/c1-20-13(9-10-19-20)11-21-16(22)8-7-15(18(23)24)17(21)12-3-5-14(25-2)6-4-12/h3-6,9-10,15,17H,7-8,11H2,1-2H3,(H,23,24). The molecule has 0 bridgehead atoms. The summed E-state index contributed by atoms with van der Waals surface area (Å²) in [6, 6.07) is 8.55. The molecule has 7 nitrogen and oxygen atoms in total. The lowest BCUT2D eigenvalue weighted by Gasteiger charge is -2.39. The fraction of sp³-hybridized carbons (Fsp3) is 0.389. The SMILES string of the molecule is COc1ccc(C2C(C(=O)O)CCC(=O)N2Cc2ccnn2C)cc1. The Kier molecular flexibility index (Phi) is 4.74. The van der Waals surface area contributed by atoms with Gasteiger partial charge in [0.15, 0.2) is 0 Å². The van der Waals surface area contributed by atoms with Crippen molar-refractivity contribution in [2.75, 3.05) is 7.11 Å². The molecule has 7 heteroatoms. The Morgan fingerprint density at radius 2 is 2.04 bits per heavy atom. The van der Waals surface area contributed by atoms with E-state index in [0.717, 1.165) is 11.3 Å². The lowest BCUT2D eigenvalue weighted by atomic mass is 9.84. The molecule has 2 aromatic rings. The zero-order valence-electron chi connectivity index (χ0n) is 14.3. The van der Waals surface area contributed by atoms with E-state index in [2.05, 4.69) is 5.10 Å². The van der Waals surface area contributed by atoms with Crippen molar-refractivity contribution < 1.29 is 19.4 Å². The van der Waals surface area contributed by atoms with Gasteiger partial charge in [-0.2, -0.15) is 5.10 Å². The molecule has 1 saturated heterocycles. The average Bonchev–Trinajstić information content (AvgIpc) is 3.01. The van der Waals surface area contributed by atoms with Crippen molar-refractivity contribution in [1.82, 2.24) is 14.7 Å². The quantitative estimate of drug-likeness (QED) is 0.897. The molecule has 0 radical (unpaired) electrons. The highest BCUT2D eigenvalue weighted by Gasteiger charge is 2.40. The van der Waals surface area contributed by atoms with E-state index in [0.29, 0.717) is 18.7 Å². The van der Waals surface area contributed by atoms with E-state index in [9.17, 15) is 14.7 Å². The summed E-state index contributed by atoms with van der Waals surface area (Å²) >= 11 is 0. The maximum Gasteiger partial charge on any atom is 0.308 e. The molecule has 0 spiro atoms. The number of carboxylic acids is 1. The number of benzene rings is 1. The molecule has 0 saturated carbocycles. The summed E-state index contributed by atoms with van der Waals surface area (Å²) in [6.45, 7) is 0.329. The van der Waals surface area contributed by atoms with Crippen LogP contribution in [0.15, 0.2) is 36.5 Å². The van der Waals surface area contributed by atoms with Crippen LogP contribution in [0.4, 0.5) is 0 Å². The van der Waals surface area contributed by atoms with Crippen molar-refractivity contribution in [1.29, 1.82) is 0 Å². The molecule has 1 amide bonds. The van der Waals surface area contributed by atoms with E-state index in [-0.39, 0.29) is 12.3 Å². The molecule has 2 unspecified atom stereocenters. The fourth-order valence-corrected chi connectivity index (χ4v) is 3.34. The Hall–Kier alpha value is -2.83. The number of amides is 1. The van der Waals surface area contributed by atoms with Gasteiger partial charge in [-0.25, -0.2) is 0 Å². The highest BCUT2D eigenvalue weighted by atomic mass is 16.5. The van der Waals surface area contributed by atoms with Crippen LogP contribution in [0.2, 0.25) is 0 Å². The number of hydrogen-bond acceptors (Lipinski definition) is 4. The second kappa shape index (κ2) is 6.96. The Labute approximate surface area is 145 Å². The minimum absolute atomic E-state index is 0.0421. The smallest absolute Gasteiger partial charge is 0.308 e. The van der Waals surface area contributed by atoms with E-state index >= 15 is 0 Å². The minimum atomic E-state index is -0.886. The van der Waals surface area contributed by atoms with Gasteiger partial charge in [0.05, 0.1) is 31.3 Å². The largest absolute Gasteiger partial charge is 0.497 e. The average molecular weight is 343 g/mol. The van der Waals surface area contributed by atoms with Gasteiger partial charge in [-0.05, 0) is 30.2 Å². The number of carbonyl (C=O) groups is 2. The first kappa shape index (κ1) is 17.0. The first-order chi connectivity index (χ1) is 12.0. The normalized spacial score (nSPS) is 20.6. The van der Waals surface area contributed by atoms with Crippen LogP contribution in [0.5, 0.6) is 5.75 Å². The van der Waals surface area contributed by atoms with Crippen molar-refractivity contribution in [3.8, 4) is 5.75 Å². The first-order valence-corrected chi connectivity index (χ1v) is 8.14. The topological polar surface area (TPSA) is 84.7 Å². The molecule has 1 aliphatic rings. The summed E-state index contributed by atoms with van der Waals surface area (Å²) in [6.07, 6.45) is 2.25. The Balaban J connectivity index is 1.99. The number of rotatable bonds is 5. The fourth-order valence-electron chi connectivity index (χ4n) is 3.34. The van der Waals surface area contributed by atoms with Gasteiger partial charge in [0, 0.05) is 19.7 Å². The van der Waals surface area contributed by atoms with Gasteiger partial charge >= 0.3 is 5.97 Å². The van der Waals surface area contributed by atoms with E-state index in [1.165, 1.54) is 0 Å². The van der Waals surface area contributed by atoms with Crippen LogP contribution in [0.1, 0.15) is 30.1 Å². The van der Waals surface area contributed by atoms with Crippen molar-refractivity contribution in [3.63, 3.8) is 0 Å². The number of aromatic nitrogens is 2. The predicted octanol–water partition coefficient (Wildman–Crippen LogP) is 1.99. The summed E-state index contributed by atoms with van der Waals surface area (Å²) in [7, 11) is 3.38. The highest BCUT2D eigenvalue weighted by molar-refractivity contribution is 5.81. The molecule has 1 aromatic carbocycles. The zero-order valence-corrected chi connectivity index (χ0v) is 14.3. The lowest BCUT2D eigenvalue weighted by molar-refractivity contribution is -0.152. The minimum Gasteiger partial charge on any atom is -0.497 e. The van der Waals surface area contributed by atoms with Crippen LogP contribution in [0, 0.1) is 5.92 Å². The molecule has 132 valence electrons. The zero-order chi connectivity index (χ0) is 18.0. The van der Waals surface area contributed by atoms with Gasteiger partial charge < -0.3 is 14.7 Å². The molecule has 2 heterocycles. The molecule has 1 fully saturated rings. The van der Waals surface area contributed by atoms with Crippen molar-refractivity contribution >= 4 is 11.9 Å². The number of carboxylic acid groups (broad SMARTS) is 1. The molecular weight excluding hydrogens is 322 g/mol. The molecular formula is C18H21N3O4. The number of aliphatic carboxylic acids is 1. The molecule has 1 N–H and O–H groups in total. The van der Waals surface area contributed by atoms with Gasteiger partial charge in [0.2, 0.25) is 5.91 Å². The molecule has 25 heavy (non-hydrogen) atoms. The Morgan fingerprint density at radius 3 is 2.60 bits per heavy atom. The van der Waals surface area contributed by atoms with E-state index in [1.54, 1.807) is 42.1 Å². The third-order valence-electron chi connectivity index (χ3n) is 4.74. The number of likely N-dealkylation sites (tertiary alicyclic amines) is 1. The number of methoxy groups -OCH3 is 1. The number of piperidine rings is 1. The molecule has 1 aliphatic heterocycles. The van der Waals surface area contributed by atoms with Crippen molar-refractivity contribution in [2.45, 2.75) is 25.4 Å². The number of aryl methyl sites for hydroxylation is 1. The third kappa shape index (κ3) is 3.35. The highest BCUT2D eigenvalue weighted by Crippen LogP contribution is 2.38. The number of ether oxygens (including phenoxy) is 1. The first-order valence-electron chi connectivity index (χ1n) is 8.14. The van der Waals surface area contributed by atoms with Gasteiger partial charge in [-0.3, -0.25) is 14.3 Å². The van der Waals surface area contributed by atoms with Crippen LogP contribution in [0.3, 0.4) is 0 Å². The second-order valence-electron chi connectivity index (χ2n) is 6.17. The summed E-state index contributed by atoms with van der Waals surface area (Å²) in [5, 5.41) is 13.8. The van der Waals surface area contributed by atoms with Crippen molar-refractivity contribution in [2.24, 2.45) is 13.0 Å². The van der Waals surface area contributed by atoms with Crippen LogP contribution in [0.25, 0.3) is 0 Å². The van der Waals surface area contributed by atoms with Gasteiger partial charge in [0.1, 0.15) is 5.75 Å². The monoisotopic (exact) mass is 343 g/mol. The van der Waals surface area contributed by atoms with Gasteiger partial charge in [-0.1, -0.05) is 12.1 Å². The number of hydrogen-bond donors (Lipinski definition) is 1. The third-order valence-corrected chi connectivity index (χ3v) is 4.74. The van der Waals surface area contributed by atoms with Crippen LogP contribution in [-0.4, -0.2) is 38.8 Å². The van der Waals surface area contributed by atoms with E-state index in [4.69, 9.17) is 4.74 Å². The maximum absolute atomic E-state index is 12.6. The van der Waals surface area contributed by atoms with Gasteiger partial charge in [-0.15, -0.1) is 0 Å². The molecule has 0 aliphatic carbocycles. The van der Waals surface area contributed by atoms with Crippen LogP contribution < -0.4 is 4.74 Å². The molecule has 2 atom stereocenters. The summed E-state index contributed by atoms with van der Waals surface area (Å²) in [4.78, 5) is 26.0. The second-order valence-corrected chi connectivity index (χ2v) is 6.17. The molecule has 1 aromatic heterocycles. The number of carbonyl (C=O) groups excluding carboxylic acids is 1. The summed E-state index contributed by atoms with van der Waals surface area (Å²) in [5.41, 5.74) is 1.65. The Morgan fingerprint density at radius 1 is 1.32 bits per heavy atom.